The predicted molar refractivity (Wildman–Crippen MR) is 290 cm³/mol. The van der Waals surface area contributed by atoms with E-state index in [1.807, 2.05) is 24.0 Å². The van der Waals surface area contributed by atoms with Crippen molar-refractivity contribution < 1.29 is 111 Å². The van der Waals surface area contributed by atoms with Crippen molar-refractivity contribution >= 4 is 57.5 Å². The van der Waals surface area contributed by atoms with Crippen LogP contribution in [-0.2, 0) is 87.9 Å². The van der Waals surface area contributed by atoms with E-state index in [1.54, 1.807) is 25.2 Å². The minimum Gasteiger partial charge on any atom is -0.447 e. The Bertz CT molecular complexity index is 2450. The summed E-state index contributed by atoms with van der Waals surface area (Å²) < 4.78 is 150. The number of thiophene rings is 1. The summed E-state index contributed by atoms with van der Waals surface area (Å²) in [4.78, 5) is 57.4. The Hall–Kier alpha value is -4.93. The van der Waals surface area contributed by atoms with Crippen molar-refractivity contribution in [1.82, 2.24) is 15.3 Å². The number of hydrogen-bond acceptors (Lipinski definition) is 21. The number of likely N-dealkylation sites (tertiary alicyclic amines) is 1. The van der Waals surface area contributed by atoms with Gasteiger partial charge in [-0.3, -0.25) is 23.8 Å². The Morgan fingerprint density at radius 3 is 1.60 bits per heavy atom. The van der Waals surface area contributed by atoms with E-state index < -0.39 is 62.5 Å². The number of rotatable bonds is 45. The lowest BCUT2D eigenvalue weighted by Crippen LogP contribution is -2.50. The zero-order chi connectivity index (χ0) is 60.4. The highest BCUT2D eigenvalue weighted by molar-refractivity contribution is 7.85. The first-order valence-corrected chi connectivity index (χ1v) is 29.4. The Morgan fingerprint density at radius 2 is 1.16 bits per heavy atom. The van der Waals surface area contributed by atoms with E-state index in [0.717, 1.165) is 21.7 Å². The molecule has 470 valence electrons. The number of fused-ring (bicyclic) bond motifs is 1. The number of carbonyl (C=O) groups is 4. The molecule has 83 heavy (non-hydrogen) atoms. The van der Waals surface area contributed by atoms with Gasteiger partial charge in [-0.15, -0.1) is 11.3 Å². The highest BCUT2D eigenvalue weighted by Gasteiger charge is 2.35. The van der Waals surface area contributed by atoms with Crippen LogP contribution < -0.4 is 15.8 Å². The number of nitrogens with zero attached hydrogens (tertiary/aromatic N) is 2. The molecule has 0 radical (unpaired) electrons. The third-order valence-corrected chi connectivity index (χ3v) is 13.5. The second-order valence-corrected chi connectivity index (χ2v) is 21.1. The zero-order valence-corrected chi connectivity index (χ0v) is 48.7. The normalized spacial score (nSPS) is 13.6. The number of benzene rings is 1. The van der Waals surface area contributed by atoms with Crippen LogP contribution in [0.25, 0.3) is 12.2 Å². The second-order valence-electron chi connectivity index (χ2n) is 18.6. The molecule has 1 aliphatic heterocycles. The molecule has 1 fully saturated rings. The monoisotopic (exact) mass is 1230 g/mol. The molecule has 2 aliphatic rings. The van der Waals surface area contributed by atoms with Crippen molar-refractivity contribution in [1.29, 1.82) is 0 Å². The molecule has 1 aromatic carbocycles. The third-order valence-electron chi connectivity index (χ3n) is 11.5. The van der Waals surface area contributed by atoms with Crippen molar-refractivity contribution in [3.63, 3.8) is 0 Å². The van der Waals surface area contributed by atoms with E-state index in [0.29, 0.717) is 149 Å². The van der Waals surface area contributed by atoms with Gasteiger partial charge < -0.3 is 72.8 Å². The lowest BCUT2D eigenvalue weighted by atomic mass is 9.95. The number of ether oxygens (including phenoxy) is 12. The molecular weight excluding hydrogens is 1150 g/mol. The number of nitrogens with one attached hydrogen (secondary N) is 1. The van der Waals surface area contributed by atoms with Gasteiger partial charge in [0.1, 0.15) is 0 Å². The molecule has 0 atom stereocenters. The largest absolute Gasteiger partial charge is 0.447 e. The highest BCUT2D eigenvalue weighted by atomic mass is 32.2. The topological polar surface area (TPSA) is 287 Å². The zero-order valence-electron chi connectivity index (χ0n) is 47.1. The maximum absolute atomic E-state index is 14.0. The van der Waals surface area contributed by atoms with Gasteiger partial charge in [0, 0.05) is 53.6 Å². The standard InChI is InChI=1S/C53H78F4N4O20S2/c1-4-8-61(79-11-7-59-53(65)80-37(2)3)52(64)40-32-41(58)31-39-33-42(82-43(39)34-40)30-38-35-60(36-38)44(62)5-9-69-12-14-71-16-18-73-20-22-75-24-26-77-28-29-78-27-25-76-23-21-74-19-17-72-15-13-70-10-6-45(63)81-50-46(54)48(56)51(83(66,67)68)49(57)47(50)55/h31,33-34,37-38H,4-30,32,35-36,58H2,1-3H3,(H,59,65)(H,66,67,68). The number of hydrogen-bond donors (Lipinski definition) is 3. The Balaban J connectivity index is 0.861. The second kappa shape index (κ2) is 39.6. The van der Waals surface area contributed by atoms with Crippen LogP contribution in [0.5, 0.6) is 5.75 Å². The molecule has 0 unspecified atom stereocenters. The molecule has 1 aromatic heterocycles. The van der Waals surface area contributed by atoms with Crippen molar-refractivity contribution in [2.24, 2.45) is 11.7 Å². The Kier molecular flexibility index (Phi) is 33.7. The minimum atomic E-state index is -5.65. The third kappa shape index (κ3) is 27.3. The molecule has 2 heterocycles. The van der Waals surface area contributed by atoms with Crippen LogP contribution in [0, 0.1) is 29.2 Å². The molecule has 0 spiro atoms. The van der Waals surface area contributed by atoms with Crippen LogP contribution in [0.15, 0.2) is 22.2 Å². The summed E-state index contributed by atoms with van der Waals surface area (Å²) in [5, 5.41) is 3.94. The number of esters is 1. The van der Waals surface area contributed by atoms with E-state index in [9.17, 15) is 45.2 Å². The maximum atomic E-state index is 14.0. The van der Waals surface area contributed by atoms with Crippen LogP contribution >= 0.6 is 11.3 Å². The van der Waals surface area contributed by atoms with Gasteiger partial charge >= 0.3 is 22.2 Å². The fraction of sp³-hybridized carbons (Fsp3) is 0.660. The first-order chi connectivity index (χ1) is 39.9. The van der Waals surface area contributed by atoms with Gasteiger partial charge in [-0.2, -0.15) is 17.2 Å². The SMILES string of the molecule is CCCN(OCCNC(=O)OC(C)C)C(=O)C1=Cc2sc(CC3CN(C(=O)CCOCCOCCOCCOCCOCCOCCOCCOCCOCCOCCC(=O)Oc4c(F)c(F)c(S(=O)(=O)O)c(F)c4F)C3)cc2C=C(N)C1. The fourth-order valence-electron chi connectivity index (χ4n) is 7.58. The molecule has 2 aromatic rings. The number of allylic oxidation sites excluding steroid dienone is 1. The predicted octanol–water partition coefficient (Wildman–Crippen LogP) is 4.50. The number of carbonyl (C=O) groups excluding carboxylic acids is 4. The van der Waals surface area contributed by atoms with Crippen LogP contribution in [-0.4, -0.2) is 218 Å². The van der Waals surface area contributed by atoms with E-state index in [1.165, 1.54) is 5.06 Å². The van der Waals surface area contributed by atoms with Gasteiger partial charge in [0.15, 0.2) is 16.5 Å². The molecule has 0 bridgehead atoms. The quantitative estimate of drug-likeness (QED) is 0.0157. The van der Waals surface area contributed by atoms with Crippen LogP contribution in [0.3, 0.4) is 0 Å². The minimum absolute atomic E-state index is 0.0160. The lowest BCUT2D eigenvalue weighted by Gasteiger charge is -2.39. The summed E-state index contributed by atoms with van der Waals surface area (Å²) in [5.74, 6) is -12.6. The summed E-state index contributed by atoms with van der Waals surface area (Å²) in [6.07, 6.45) is 4.49. The molecule has 4 rings (SSSR count). The smallest absolute Gasteiger partial charge is 0.407 e. The first-order valence-electron chi connectivity index (χ1n) is 27.2. The average molecular weight is 1230 g/mol. The van der Waals surface area contributed by atoms with E-state index in [4.69, 9.17) is 67.2 Å². The molecule has 1 aliphatic carbocycles. The molecule has 3 amide bonds. The molecule has 4 N–H and O–H groups in total. The van der Waals surface area contributed by atoms with Crippen LogP contribution in [0.4, 0.5) is 22.4 Å². The lowest BCUT2D eigenvalue weighted by molar-refractivity contribution is -0.181. The van der Waals surface area contributed by atoms with Crippen LogP contribution in [0.1, 0.15) is 61.8 Å². The van der Waals surface area contributed by atoms with Crippen LogP contribution in [0.2, 0.25) is 0 Å². The molecule has 0 saturated carbocycles. The summed E-state index contributed by atoms with van der Waals surface area (Å²) in [7, 11) is -5.65. The Morgan fingerprint density at radius 1 is 0.699 bits per heavy atom. The summed E-state index contributed by atoms with van der Waals surface area (Å²) in [6, 6.07) is 2.11. The van der Waals surface area contributed by atoms with Gasteiger partial charge in [-0.1, -0.05) is 6.92 Å². The van der Waals surface area contributed by atoms with E-state index >= 15 is 0 Å². The molecule has 1 saturated heterocycles. The molecule has 30 heteroatoms. The summed E-state index contributed by atoms with van der Waals surface area (Å²) >= 11 is 1.62. The number of amides is 3. The van der Waals surface area contributed by atoms with Gasteiger partial charge in [-0.25, -0.2) is 18.6 Å². The van der Waals surface area contributed by atoms with Crippen molar-refractivity contribution in [2.75, 3.05) is 165 Å². The number of alkyl carbamates (subject to hydrolysis) is 1. The van der Waals surface area contributed by atoms with Gasteiger partial charge in [0.25, 0.3) is 5.91 Å². The summed E-state index contributed by atoms with van der Waals surface area (Å²) in [5.41, 5.74) is 8.41. The van der Waals surface area contributed by atoms with Gasteiger partial charge in [-0.05, 0) is 56.4 Å². The summed E-state index contributed by atoms with van der Waals surface area (Å²) in [6.45, 7) is 13.4. The maximum Gasteiger partial charge on any atom is 0.407 e. The van der Waals surface area contributed by atoms with Gasteiger partial charge in [0.2, 0.25) is 23.3 Å². The fourth-order valence-corrected chi connectivity index (χ4v) is 9.44. The molecule has 24 nitrogen and oxygen atoms in total. The number of nitrogens with two attached hydrogens (primary N) is 1. The highest BCUT2D eigenvalue weighted by Crippen LogP contribution is 2.35. The van der Waals surface area contributed by atoms with Crippen molar-refractivity contribution in [3.05, 3.63) is 55.9 Å². The van der Waals surface area contributed by atoms with Crippen molar-refractivity contribution in [3.8, 4) is 5.75 Å². The van der Waals surface area contributed by atoms with Crippen molar-refractivity contribution in [2.45, 2.75) is 63.9 Å². The first kappa shape index (κ1) is 70.6. The average Bonchev–Trinajstić information content (AvgIpc) is 2.75. The van der Waals surface area contributed by atoms with Gasteiger partial charge in [0.05, 0.1) is 158 Å². The molecular formula is C53H78F4N4O20S2. The number of halogens is 4. The van der Waals surface area contributed by atoms with E-state index in [2.05, 4.69) is 16.1 Å². The Labute approximate surface area is 484 Å². The number of hydroxylamine groups is 2. The van der Waals surface area contributed by atoms with E-state index in [-0.39, 0.29) is 70.5 Å².